The molecule has 1 aliphatic heterocycles. The fraction of sp³-hybridized carbons (Fsp3) is 0.562. The number of carbonyl (C=O) groups is 1. The standard InChI is InChI=1S/C16H23NO2S/c1-16(2,3)19-15(18)17-11-9-14(10-12-17)20-13-7-5-4-6-8-13/h4-8,14H,9-12H2,1-3H3. The van der Waals surface area contributed by atoms with Crippen LogP contribution in [-0.2, 0) is 4.74 Å². The third kappa shape index (κ3) is 4.75. The monoisotopic (exact) mass is 293 g/mol. The number of ether oxygens (including phenoxy) is 1. The van der Waals surface area contributed by atoms with E-state index in [1.807, 2.05) is 43.5 Å². The highest BCUT2D eigenvalue weighted by Gasteiger charge is 2.27. The van der Waals surface area contributed by atoms with Gasteiger partial charge in [0.05, 0.1) is 0 Å². The summed E-state index contributed by atoms with van der Waals surface area (Å²) in [6.45, 7) is 7.30. The van der Waals surface area contributed by atoms with Gasteiger partial charge in [0.2, 0.25) is 0 Å². The molecule has 4 heteroatoms. The number of hydrogen-bond donors (Lipinski definition) is 0. The van der Waals surface area contributed by atoms with Crippen molar-refractivity contribution >= 4 is 17.9 Å². The summed E-state index contributed by atoms with van der Waals surface area (Å²) in [6.07, 6.45) is 1.87. The predicted molar refractivity (Wildman–Crippen MR) is 83.1 cm³/mol. The van der Waals surface area contributed by atoms with E-state index in [0.29, 0.717) is 5.25 Å². The van der Waals surface area contributed by atoms with Crippen LogP contribution in [0.5, 0.6) is 0 Å². The van der Waals surface area contributed by atoms with Crippen LogP contribution in [0.2, 0.25) is 0 Å². The molecule has 0 N–H and O–H groups in total. The number of benzene rings is 1. The molecule has 0 aromatic heterocycles. The summed E-state index contributed by atoms with van der Waals surface area (Å²) < 4.78 is 5.41. The van der Waals surface area contributed by atoms with E-state index in [0.717, 1.165) is 25.9 Å². The molecular weight excluding hydrogens is 270 g/mol. The Morgan fingerprint density at radius 3 is 2.35 bits per heavy atom. The summed E-state index contributed by atoms with van der Waals surface area (Å²) in [4.78, 5) is 15.1. The Morgan fingerprint density at radius 2 is 1.80 bits per heavy atom. The van der Waals surface area contributed by atoms with E-state index >= 15 is 0 Å². The molecule has 0 bridgehead atoms. The Bertz CT molecular complexity index is 434. The van der Waals surface area contributed by atoms with Crippen molar-refractivity contribution in [2.24, 2.45) is 0 Å². The lowest BCUT2D eigenvalue weighted by Gasteiger charge is -2.33. The second kappa shape index (κ2) is 6.53. The molecule has 110 valence electrons. The Hall–Kier alpha value is -1.16. The molecule has 2 rings (SSSR count). The number of rotatable bonds is 2. The Morgan fingerprint density at radius 1 is 1.20 bits per heavy atom. The summed E-state index contributed by atoms with van der Waals surface area (Å²) in [5.74, 6) is 0. The van der Waals surface area contributed by atoms with Crippen molar-refractivity contribution in [3.63, 3.8) is 0 Å². The molecule has 20 heavy (non-hydrogen) atoms. The topological polar surface area (TPSA) is 29.5 Å². The van der Waals surface area contributed by atoms with Gasteiger partial charge in [-0.05, 0) is 45.7 Å². The molecular formula is C16H23NO2S. The van der Waals surface area contributed by atoms with Crippen LogP contribution in [0.1, 0.15) is 33.6 Å². The van der Waals surface area contributed by atoms with Gasteiger partial charge >= 0.3 is 6.09 Å². The average Bonchev–Trinajstić information content (AvgIpc) is 2.39. The molecule has 3 nitrogen and oxygen atoms in total. The normalized spacial score (nSPS) is 17.1. The minimum atomic E-state index is -0.410. The first-order valence-electron chi connectivity index (χ1n) is 7.14. The quantitative estimate of drug-likeness (QED) is 0.819. The van der Waals surface area contributed by atoms with Crippen LogP contribution in [0, 0.1) is 0 Å². The first-order chi connectivity index (χ1) is 9.44. The number of piperidine rings is 1. The van der Waals surface area contributed by atoms with E-state index in [1.54, 1.807) is 0 Å². The Kier molecular flexibility index (Phi) is 4.97. The molecule has 0 atom stereocenters. The molecule has 1 saturated heterocycles. The van der Waals surface area contributed by atoms with Gasteiger partial charge in [0.1, 0.15) is 5.60 Å². The Balaban J connectivity index is 1.79. The van der Waals surface area contributed by atoms with Crippen molar-refractivity contribution in [1.29, 1.82) is 0 Å². The lowest BCUT2D eigenvalue weighted by Crippen LogP contribution is -2.42. The van der Waals surface area contributed by atoms with Gasteiger partial charge in [-0.3, -0.25) is 0 Å². The molecule has 1 aliphatic rings. The minimum absolute atomic E-state index is 0.180. The van der Waals surface area contributed by atoms with Gasteiger partial charge < -0.3 is 9.64 Å². The summed E-state index contributed by atoms with van der Waals surface area (Å²) in [5, 5.41) is 0.594. The summed E-state index contributed by atoms with van der Waals surface area (Å²) >= 11 is 1.91. The minimum Gasteiger partial charge on any atom is -0.444 e. The van der Waals surface area contributed by atoms with Crippen LogP contribution in [0.15, 0.2) is 35.2 Å². The summed E-state index contributed by atoms with van der Waals surface area (Å²) in [6, 6.07) is 10.5. The maximum Gasteiger partial charge on any atom is 0.410 e. The molecule has 1 heterocycles. The van der Waals surface area contributed by atoms with Gasteiger partial charge in [-0.2, -0.15) is 0 Å². The highest BCUT2D eigenvalue weighted by atomic mass is 32.2. The molecule has 0 unspecified atom stereocenters. The van der Waals surface area contributed by atoms with Gasteiger partial charge in [0, 0.05) is 23.2 Å². The second-order valence-corrected chi connectivity index (χ2v) is 7.47. The smallest absolute Gasteiger partial charge is 0.410 e. The predicted octanol–water partition coefficient (Wildman–Crippen LogP) is 4.18. The third-order valence-electron chi connectivity index (χ3n) is 3.14. The molecule has 1 fully saturated rings. The van der Waals surface area contributed by atoms with Crippen molar-refractivity contribution in [3.8, 4) is 0 Å². The van der Waals surface area contributed by atoms with E-state index in [1.165, 1.54) is 4.90 Å². The molecule has 1 aromatic rings. The summed E-state index contributed by atoms with van der Waals surface area (Å²) in [5.41, 5.74) is -0.410. The van der Waals surface area contributed by atoms with E-state index in [2.05, 4.69) is 24.3 Å². The maximum absolute atomic E-state index is 12.0. The fourth-order valence-electron chi connectivity index (χ4n) is 2.17. The largest absolute Gasteiger partial charge is 0.444 e. The molecule has 0 saturated carbocycles. The zero-order valence-electron chi connectivity index (χ0n) is 12.5. The van der Waals surface area contributed by atoms with Crippen LogP contribution in [0.25, 0.3) is 0 Å². The van der Waals surface area contributed by atoms with Crippen molar-refractivity contribution in [2.45, 2.75) is 49.4 Å². The van der Waals surface area contributed by atoms with E-state index < -0.39 is 5.60 Å². The lowest BCUT2D eigenvalue weighted by atomic mass is 10.1. The number of nitrogens with zero attached hydrogens (tertiary/aromatic N) is 1. The van der Waals surface area contributed by atoms with Crippen molar-refractivity contribution in [3.05, 3.63) is 30.3 Å². The lowest BCUT2D eigenvalue weighted by molar-refractivity contribution is 0.0219. The van der Waals surface area contributed by atoms with Crippen LogP contribution < -0.4 is 0 Å². The van der Waals surface area contributed by atoms with E-state index in [4.69, 9.17) is 4.74 Å². The zero-order chi connectivity index (χ0) is 14.6. The number of carbonyl (C=O) groups excluding carboxylic acids is 1. The van der Waals surface area contributed by atoms with E-state index in [-0.39, 0.29) is 6.09 Å². The van der Waals surface area contributed by atoms with Crippen LogP contribution in [0.4, 0.5) is 4.79 Å². The van der Waals surface area contributed by atoms with E-state index in [9.17, 15) is 4.79 Å². The number of hydrogen-bond acceptors (Lipinski definition) is 3. The van der Waals surface area contributed by atoms with Gasteiger partial charge in [0.15, 0.2) is 0 Å². The molecule has 0 aliphatic carbocycles. The zero-order valence-corrected chi connectivity index (χ0v) is 13.3. The van der Waals surface area contributed by atoms with Crippen molar-refractivity contribution in [1.82, 2.24) is 4.90 Å². The van der Waals surface area contributed by atoms with Crippen molar-refractivity contribution < 1.29 is 9.53 Å². The first-order valence-corrected chi connectivity index (χ1v) is 8.02. The number of amides is 1. The van der Waals surface area contributed by atoms with Crippen LogP contribution >= 0.6 is 11.8 Å². The van der Waals surface area contributed by atoms with Gasteiger partial charge in [0.25, 0.3) is 0 Å². The molecule has 0 radical (unpaired) electrons. The van der Waals surface area contributed by atoms with Gasteiger partial charge in [-0.1, -0.05) is 18.2 Å². The maximum atomic E-state index is 12.0. The van der Waals surface area contributed by atoms with Crippen LogP contribution in [-0.4, -0.2) is 34.9 Å². The summed E-state index contributed by atoms with van der Waals surface area (Å²) in [7, 11) is 0. The SMILES string of the molecule is CC(C)(C)OC(=O)N1CCC(Sc2ccccc2)CC1. The van der Waals surface area contributed by atoms with Crippen molar-refractivity contribution in [2.75, 3.05) is 13.1 Å². The average molecular weight is 293 g/mol. The highest BCUT2D eigenvalue weighted by Crippen LogP contribution is 2.30. The fourth-order valence-corrected chi connectivity index (χ4v) is 3.32. The number of thioether (sulfide) groups is 1. The number of likely N-dealkylation sites (tertiary alicyclic amines) is 1. The second-order valence-electron chi connectivity index (χ2n) is 6.10. The molecule has 1 amide bonds. The van der Waals surface area contributed by atoms with Crippen LogP contribution in [0.3, 0.4) is 0 Å². The first kappa shape index (κ1) is 15.2. The highest BCUT2D eigenvalue weighted by molar-refractivity contribution is 8.00. The third-order valence-corrected chi connectivity index (χ3v) is 4.49. The Labute approximate surface area is 125 Å². The van der Waals surface area contributed by atoms with Gasteiger partial charge in [-0.25, -0.2) is 4.79 Å². The molecule has 1 aromatic carbocycles. The molecule has 0 spiro atoms. The van der Waals surface area contributed by atoms with Gasteiger partial charge in [-0.15, -0.1) is 11.8 Å².